The van der Waals surface area contributed by atoms with E-state index in [1.165, 1.54) is 24.3 Å². The molecular weight excluding hydrogens is 498 g/mol. The number of hydrogen-bond acceptors (Lipinski definition) is 6. The van der Waals surface area contributed by atoms with Gasteiger partial charge in [-0.3, -0.25) is 9.59 Å². The minimum atomic E-state index is -1.02. The Morgan fingerprint density at radius 3 is 2.31 bits per heavy atom. The van der Waals surface area contributed by atoms with Gasteiger partial charge in [-0.05, 0) is 79.1 Å². The summed E-state index contributed by atoms with van der Waals surface area (Å²) < 4.78 is 40.3. The van der Waals surface area contributed by atoms with Gasteiger partial charge in [-0.1, -0.05) is 11.6 Å². The highest BCUT2D eigenvalue weighted by molar-refractivity contribution is 7.21. The Hall–Kier alpha value is -3.75. The van der Waals surface area contributed by atoms with E-state index in [0.717, 1.165) is 29.7 Å². The van der Waals surface area contributed by atoms with Crippen LogP contribution in [0.4, 0.5) is 8.78 Å². The van der Waals surface area contributed by atoms with Crippen LogP contribution >= 0.6 is 22.9 Å². The number of thiophene rings is 1. The number of phenols is 1. The van der Waals surface area contributed by atoms with Crippen LogP contribution in [0.2, 0.25) is 5.02 Å². The van der Waals surface area contributed by atoms with Crippen molar-refractivity contribution in [2.24, 2.45) is 0 Å². The van der Waals surface area contributed by atoms with Crippen molar-refractivity contribution in [1.82, 2.24) is 0 Å². The minimum absolute atomic E-state index is 0.0332. The minimum Gasteiger partial charge on any atom is -0.508 e. The SMILES string of the molecule is Cc1cc(Cl)cc(C)c1C(=O)c1sc2cc(O)ccc2c1Oc1c(F)cc(/C=C/OC=O)cc1F. The molecule has 0 fully saturated rings. The van der Waals surface area contributed by atoms with Crippen molar-refractivity contribution >= 4 is 51.4 Å². The van der Waals surface area contributed by atoms with E-state index < -0.39 is 23.2 Å². The van der Waals surface area contributed by atoms with E-state index in [9.17, 15) is 23.5 Å². The number of aryl methyl sites for hydroxylation is 2. The standard InChI is InChI=1S/C26H17ClF2O5S/c1-13-7-16(27)8-14(2)22(13)23(32)26-24(18-4-3-17(31)11-21(18)35-26)34-25-19(28)9-15(10-20(25)29)5-6-33-12-30/h3-12,31H,1-2H3/b6-5+. The summed E-state index contributed by atoms with van der Waals surface area (Å²) in [6.07, 6.45) is 2.18. The van der Waals surface area contributed by atoms with Gasteiger partial charge >= 0.3 is 0 Å². The van der Waals surface area contributed by atoms with Crippen LogP contribution in [0.25, 0.3) is 16.2 Å². The average Bonchev–Trinajstić information content (AvgIpc) is 3.13. The van der Waals surface area contributed by atoms with E-state index in [1.807, 2.05) is 0 Å². The van der Waals surface area contributed by atoms with Crippen molar-refractivity contribution in [2.75, 3.05) is 0 Å². The second kappa shape index (κ2) is 9.85. The van der Waals surface area contributed by atoms with Crippen LogP contribution in [-0.4, -0.2) is 17.4 Å². The molecule has 5 nitrogen and oxygen atoms in total. The molecule has 0 aliphatic carbocycles. The van der Waals surface area contributed by atoms with E-state index in [4.69, 9.17) is 16.3 Å². The van der Waals surface area contributed by atoms with Gasteiger partial charge in [-0.15, -0.1) is 11.3 Å². The van der Waals surface area contributed by atoms with Crippen molar-refractivity contribution < 1.29 is 33.0 Å². The van der Waals surface area contributed by atoms with Crippen LogP contribution < -0.4 is 4.74 Å². The Morgan fingerprint density at radius 1 is 1.03 bits per heavy atom. The average molecular weight is 515 g/mol. The van der Waals surface area contributed by atoms with Crippen LogP contribution in [0.1, 0.15) is 31.9 Å². The number of carbonyl (C=O) groups is 2. The number of ether oxygens (including phenoxy) is 2. The summed E-state index contributed by atoms with van der Waals surface area (Å²) in [6, 6.07) is 9.65. The predicted molar refractivity (Wildman–Crippen MR) is 130 cm³/mol. The number of rotatable bonds is 7. The molecule has 1 N–H and O–H groups in total. The summed E-state index contributed by atoms with van der Waals surface area (Å²) in [4.78, 5) is 24.0. The van der Waals surface area contributed by atoms with Crippen LogP contribution in [0.5, 0.6) is 17.2 Å². The zero-order valence-electron chi connectivity index (χ0n) is 18.4. The van der Waals surface area contributed by atoms with Crippen LogP contribution in [0.3, 0.4) is 0 Å². The highest BCUT2D eigenvalue weighted by atomic mass is 35.5. The lowest BCUT2D eigenvalue weighted by atomic mass is 9.98. The summed E-state index contributed by atoms with van der Waals surface area (Å²) in [5.41, 5.74) is 1.76. The van der Waals surface area contributed by atoms with Crippen LogP contribution in [-0.2, 0) is 9.53 Å². The lowest BCUT2D eigenvalue weighted by Gasteiger charge is -2.12. The third-order valence-corrected chi connectivity index (χ3v) is 6.53. The van der Waals surface area contributed by atoms with Crippen molar-refractivity contribution in [3.05, 3.63) is 92.5 Å². The first-order chi connectivity index (χ1) is 16.7. The topological polar surface area (TPSA) is 72.8 Å². The van der Waals surface area contributed by atoms with E-state index >= 15 is 0 Å². The maximum Gasteiger partial charge on any atom is 0.297 e. The van der Waals surface area contributed by atoms with Gasteiger partial charge in [-0.25, -0.2) is 8.78 Å². The first-order valence-corrected chi connectivity index (χ1v) is 11.4. The number of carbonyl (C=O) groups excluding carboxylic acids is 2. The molecule has 0 spiro atoms. The number of phenolic OH excluding ortho intramolecular Hbond substituents is 1. The van der Waals surface area contributed by atoms with Crippen molar-refractivity contribution in [2.45, 2.75) is 13.8 Å². The molecule has 0 saturated carbocycles. The first kappa shape index (κ1) is 24.4. The van der Waals surface area contributed by atoms with Gasteiger partial charge < -0.3 is 14.6 Å². The number of halogens is 3. The van der Waals surface area contributed by atoms with Gasteiger partial charge in [-0.2, -0.15) is 0 Å². The molecule has 3 aromatic carbocycles. The van der Waals surface area contributed by atoms with E-state index in [-0.39, 0.29) is 28.4 Å². The molecule has 1 aromatic heterocycles. The van der Waals surface area contributed by atoms with E-state index in [2.05, 4.69) is 4.74 Å². The highest BCUT2D eigenvalue weighted by Crippen LogP contribution is 2.44. The number of aromatic hydroxyl groups is 1. The Bertz CT molecular complexity index is 1460. The fourth-order valence-corrected chi connectivity index (χ4v) is 5.16. The fraction of sp³-hybridized carbons (Fsp3) is 0.0769. The van der Waals surface area contributed by atoms with E-state index in [0.29, 0.717) is 31.8 Å². The van der Waals surface area contributed by atoms with Crippen LogP contribution in [0, 0.1) is 25.5 Å². The molecule has 0 aliphatic rings. The molecule has 0 unspecified atom stereocenters. The van der Waals surface area contributed by atoms with Crippen molar-refractivity contribution in [3.63, 3.8) is 0 Å². The predicted octanol–water partition coefficient (Wildman–Crippen LogP) is 7.32. The Labute approximate surface area is 207 Å². The van der Waals surface area contributed by atoms with Gasteiger partial charge in [0.2, 0.25) is 5.78 Å². The summed E-state index contributed by atoms with van der Waals surface area (Å²) in [6.45, 7) is 3.65. The van der Waals surface area contributed by atoms with E-state index in [1.54, 1.807) is 26.0 Å². The van der Waals surface area contributed by atoms with Gasteiger partial charge in [0.1, 0.15) is 10.6 Å². The molecule has 4 rings (SSSR count). The summed E-state index contributed by atoms with van der Waals surface area (Å²) in [5, 5.41) is 10.8. The van der Waals surface area contributed by atoms with Crippen molar-refractivity contribution in [3.8, 4) is 17.2 Å². The third kappa shape index (κ3) is 4.89. The lowest BCUT2D eigenvalue weighted by Crippen LogP contribution is -2.06. The maximum atomic E-state index is 14.9. The molecule has 9 heteroatoms. The molecule has 0 aliphatic heterocycles. The van der Waals surface area contributed by atoms with Crippen molar-refractivity contribution in [1.29, 1.82) is 0 Å². The largest absolute Gasteiger partial charge is 0.508 e. The lowest BCUT2D eigenvalue weighted by molar-refractivity contribution is -0.123. The Morgan fingerprint density at radius 2 is 1.69 bits per heavy atom. The monoisotopic (exact) mass is 514 g/mol. The fourth-order valence-electron chi connectivity index (χ4n) is 3.72. The number of fused-ring (bicyclic) bond motifs is 1. The quantitative estimate of drug-likeness (QED) is 0.159. The summed E-state index contributed by atoms with van der Waals surface area (Å²) in [5.74, 6) is -3.22. The molecule has 35 heavy (non-hydrogen) atoms. The Balaban J connectivity index is 1.85. The second-order valence-electron chi connectivity index (χ2n) is 7.64. The van der Waals surface area contributed by atoms with Gasteiger partial charge in [0.05, 0.1) is 6.26 Å². The molecule has 178 valence electrons. The zero-order chi connectivity index (χ0) is 25.3. The van der Waals surface area contributed by atoms with Gasteiger partial charge in [0.25, 0.3) is 6.47 Å². The van der Waals surface area contributed by atoms with Gasteiger partial charge in [0.15, 0.2) is 23.1 Å². The number of benzene rings is 3. The smallest absolute Gasteiger partial charge is 0.297 e. The molecule has 1 heterocycles. The molecular formula is C26H17ClF2O5S. The summed E-state index contributed by atoms with van der Waals surface area (Å²) in [7, 11) is 0. The molecule has 0 atom stereocenters. The molecule has 0 saturated heterocycles. The molecule has 4 aromatic rings. The zero-order valence-corrected chi connectivity index (χ0v) is 20.0. The number of hydrogen-bond donors (Lipinski definition) is 1. The highest BCUT2D eigenvalue weighted by Gasteiger charge is 2.26. The summed E-state index contributed by atoms with van der Waals surface area (Å²) >= 11 is 7.14. The molecule has 0 radical (unpaired) electrons. The van der Waals surface area contributed by atoms with Gasteiger partial charge in [0, 0.05) is 20.7 Å². The molecule has 0 amide bonds. The maximum absolute atomic E-state index is 14.9. The Kier molecular flexibility index (Phi) is 6.86. The van der Waals surface area contributed by atoms with Crippen LogP contribution in [0.15, 0.2) is 48.7 Å². The first-order valence-electron chi connectivity index (χ1n) is 10.2. The number of ketones is 1. The second-order valence-corrected chi connectivity index (χ2v) is 9.12. The third-order valence-electron chi connectivity index (χ3n) is 5.18. The normalized spacial score (nSPS) is 11.2. The molecule has 0 bridgehead atoms.